The highest BCUT2D eigenvalue weighted by Gasteiger charge is 2.80. The molecule has 0 radical (unpaired) electrons. The minimum atomic E-state index is -1.15. The molecule has 3 saturated heterocycles. The number of carbonyl (C=O) groups is 3. The Morgan fingerprint density at radius 3 is 2.35 bits per heavy atom. The van der Waals surface area contributed by atoms with Gasteiger partial charge in [-0.2, -0.15) is 0 Å². The van der Waals surface area contributed by atoms with Crippen molar-refractivity contribution in [2.45, 2.75) is 77.0 Å². The maximum atomic E-state index is 15.0. The molecule has 1 spiro atoms. The third-order valence-corrected chi connectivity index (χ3v) is 10.5. The molecule has 8 heteroatoms. The molecule has 2 aromatic carbocycles. The van der Waals surface area contributed by atoms with E-state index in [0.717, 1.165) is 35.3 Å². The second kappa shape index (κ2) is 13.5. The maximum absolute atomic E-state index is 15.0. The van der Waals surface area contributed by atoms with E-state index in [9.17, 15) is 14.7 Å². The average molecular weight is 628 g/mol. The lowest BCUT2D eigenvalue weighted by atomic mass is 9.62. The second-order valence-corrected chi connectivity index (χ2v) is 13.5. The van der Waals surface area contributed by atoms with Crippen molar-refractivity contribution in [3.63, 3.8) is 0 Å². The molecule has 246 valence electrons. The molecule has 2 aromatic rings. The Bertz CT molecular complexity index is 1480. The summed E-state index contributed by atoms with van der Waals surface area (Å²) >= 11 is 0. The zero-order valence-corrected chi connectivity index (χ0v) is 27.8. The Morgan fingerprint density at radius 2 is 1.67 bits per heavy atom. The van der Waals surface area contributed by atoms with Crippen LogP contribution in [0.15, 0.2) is 73.8 Å². The van der Waals surface area contributed by atoms with Crippen molar-refractivity contribution in [3.8, 4) is 0 Å². The summed E-state index contributed by atoms with van der Waals surface area (Å²) in [6.07, 6.45) is 6.92. The number of hydrogen-bond donors (Lipinski definition) is 1. The van der Waals surface area contributed by atoms with E-state index in [1.54, 1.807) is 26.9 Å². The van der Waals surface area contributed by atoms with Gasteiger partial charge in [-0.15, -0.1) is 13.2 Å². The molecule has 1 N–H and O–H groups in total. The molecule has 8 nitrogen and oxygen atoms in total. The lowest BCUT2D eigenvalue weighted by molar-refractivity contribution is -0.145. The van der Waals surface area contributed by atoms with Crippen molar-refractivity contribution in [1.29, 1.82) is 0 Å². The van der Waals surface area contributed by atoms with Crippen LogP contribution in [-0.2, 0) is 19.1 Å². The minimum Gasteiger partial charge on any atom is -0.396 e. The van der Waals surface area contributed by atoms with Crippen LogP contribution in [0.2, 0.25) is 0 Å². The van der Waals surface area contributed by atoms with Crippen LogP contribution in [0.1, 0.15) is 57.1 Å². The van der Waals surface area contributed by atoms with Crippen molar-refractivity contribution >= 4 is 29.1 Å². The van der Waals surface area contributed by atoms with E-state index in [0.29, 0.717) is 25.8 Å². The van der Waals surface area contributed by atoms with Crippen LogP contribution >= 0.6 is 0 Å². The summed E-state index contributed by atoms with van der Waals surface area (Å²) in [4.78, 5) is 49.6. The van der Waals surface area contributed by atoms with Gasteiger partial charge in [-0.3, -0.25) is 14.4 Å². The Kier molecular flexibility index (Phi) is 9.89. The van der Waals surface area contributed by atoms with Gasteiger partial charge in [0.05, 0.1) is 17.4 Å². The highest BCUT2D eigenvalue weighted by atomic mass is 16.5. The third-order valence-electron chi connectivity index (χ3n) is 10.5. The number of unbranched alkanes of at least 4 members (excludes halogenated alkanes) is 3. The standard InChI is InChI=1S/C38H49N3O5/c1-7-20-39(29-16-12-11-13-17-29)34(43)31-32-35(44)41(22-14-9-10-15-23-42)33(38(32)25-28(5)37(31,6)46-38)36(45)40(21-8-2)30-24-26(3)18-19-27(30)4/h7-8,11-13,16-19,24,28,31-33,42H,1-2,9-10,14-15,20-23,25H2,3-6H3/t28?,31-,32-,33?,37+,38?/m0/s1. The number of amides is 3. The Balaban J connectivity index is 1.60. The number of aliphatic hydroxyl groups is 1. The van der Waals surface area contributed by atoms with Gasteiger partial charge in [0, 0.05) is 37.6 Å². The molecule has 3 heterocycles. The summed E-state index contributed by atoms with van der Waals surface area (Å²) in [5, 5.41) is 9.29. The van der Waals surface area contributed by atoms with Crippen molar-refractivity contribution < 1.29 is 24.2 Å². The molecule has 0 aliphatic carbocycles. The number of aryl methyl sites for hydroxylation is 2. The lowest BCUT2D eigenvalue weighted by Gasteiger charge is -2.39. The molecule has 46 heavy (non-hydrogen) atoms. The van der Waals surface area contributed by atoms with Gasteiger partial charge in [0.25, 0.3) is 5.91 Å². The van der Waals surface area contributed by atoms with Crippen molar-refractivity contribution in [2.75, 3.05) is 36.0 Å². The zero-order chi connectivity index (χ0) is 33.2. The van der Waals surface area contributed by atoms with Crippen LogP contribution in [0.25, 0.3) is 0 Å². The van der Waals surface area contributed by atoms with Gasteiger partial charge in [0.15, 0.2) is 0 Å². The number of para-hydroxylation sites is 1. The number of carbonyl (C=O) groups excluding carboxylic acids is 3. The molecule has 3 amide bonds. The largest absolute Gasteiger partial charge is 0.396 e. The van der Waals surface area contributed by atoms with E-state index in [1.165, 1.54) is 0 Å². The first-order valence-electron chi connectivity index (χ1n) is 16.6. The molecule has 3 unspecified atom stereocenters. The predicted molar refractivity (Wildman–Crippen MR) is 181 cm³/mol. The summed E-state index contributed by atoms with van der Waals surface area (Å²) in [5.74, 6) is -2.23. The van der Waals surface area contributed by atoms with E-state index < -0.39 is 29.1 Å². The molecule has 6 atom stereocenters. The Hall–Kier alpha value is -3.75. The van der Waals surface area contributed by atoms with Gasteiger partial charge in [-0.25, -0.2) is 0 Å². The number of rotatable bonds is 14. The Morgan fingerprint density at radius 1 is 1.00 bits per heavy atom. The van der Waals surface area contributed by atoms with Crippen LogP contribution in [-0.4, -0.2) is 71.2 Å². The first-order valence-corrected chi connectivity index (χ1v) is 16.6. The van der Waals surface area contributed by atoms with Gasteiger partial charge in [0.1, 0.15) is 11.6 Å². The number of ether oxygens (including phenoxy) is 1. The van der Waals surface area contributed by atoms with E-state index in [2.05, 4.69) is 20.1 Å². The van der Waals surface area contributed by atoms with Crippen molar-refractivity contribution in [3.05, 3.63) is 85.0 Å². The summed E-state index contributed by atoms with van der Waals surface area (Å²) in [6, 6.07) is 14.6. The highest BCUT2D eigenvalue weighted by molar-refractivity contribution is 6.07. The predicted octanol–water partition coefficient (Wildman–Crippen LogP) is 5.61. The average Bonchev–Trinajstić information content (AvgIpc) is 3.55. The normalized spacial score (nSPS) is 27.8. The zero-order valence-electron chi connectivity index (χ0n) is 27.8. The monoisotopic (exact) mass is 627 g/mol. The summed E-state index contributed by atoms with van der Waals surface area (Å²) in [5.41, 5.74) is 1.39. The van der Waals surface area contributed by atoms with E-state index in [1.807, 2.05) is 69.3 Å². The van der Waals surface area contributed by atoms with Gasteiger partial charge in [-0.05, 0) is 75.3 Å². The Labute approximate surface area is 273 Å². The van der Waals surface area contributed by atoms with Gasteiger partial charge >= 0.3 is 0 Å². The summed E-state index contributed by atoms with van der Waals surface area (Å²) < 4.78 is 7.04. The van der Waals surface area contributed by atoms with Crippen LogP contribution in [0, 0.1) is 31.6 Å². The van der Waals surface area contributed by atoms with E-state index in [4.69, 9.17) is 4.74 Å². The SMILES string of the molecule is C=CCN(C(=O)[C@@H]1[C@H]2C(=O)N(CCCCCCO)C(C(=O)N(CC=C)c3cc(C)ccc3C)C23CC(C)[C@@]1(C)O3)c1ccccc1. The minimum absolute atomic E-state index is 0.0692. The van der Waals surface area contributed by atoms with Crippen LogP contribution in [0.4, 0.5) is 11.4 Å². The molecule has 3 aliphatic heterocycles. The molecule has 0 saturated carbocycles. The highest BCUT2D eigenvalue weighted by Crippen LogP contribution is 2.65. The molecule has 5 rings (SSSR count). The van der Waals surface area contributed by atoms with Gasteiger partial charge in [-0.1, -0.05) is 62.2 Å². The summed E-state index contributed by atoms with van der Waals surface area (Å²) in [7, 11) is 0. The first-order chi connectivity index (χ1) is 22.0. The number of anilines is 2. The molecule has 3 fully saturated rings. The van der Waals surface area contributed by atoms with Crippen molar-refractivity contribution in [2.24, 2.45) is 17.8 Å². The first kappa shape index (κ1) is 33.6. The fourth-order valence-electron chi connectivity index (χ4n) is 8.20. The molecule has 0 aromatic heterocycles. The van der Waals surface area contributed by atoms with Gasteiger partial charge < -0.3 is 24.5 Å². The fraction of sp³-hybridized carbons (Fsp3) is 0.500. The second-order valence-electron chi connectivity index (χ2n) is 13.5. The molecular weight excluding hydrogens is 578 g/mol. The van der Waals surface area contributed by atoms with Crippen LogP contribution in [0.3, 0.4) is 0 Å². The third kappa shape index (κ3) is 5.60. The van der Waals surface area contributed by atoms with Crippen LogP contribution in [0.5, 0.6) is 0 Å². The van der Waals surface area contributed by atoms with E-state index >= 15 is 4.79 Å². The number of fused-ring (bicyclic) bond motifs is 1. The smallest absolute Gasteiger partial charge is 0.253 e. The number of aliphatic hydroxyl groups excluding tert-OH is 1. The number of hydrogen-bond acceptors (Lipinski definition) is 5. The van der Waals surface area contributed by atoms with Gasteiger partial charge in [0.2, 0.25) is 11.8 Å². The lowest BCUT2D eigenvalue weighted by Crippen LogP contribution is -2.57. The fourth-order valence-corrected chi connectivity index (χ4v) is 8.20. The molecular formula is C38H49N3O5. The molecule has 3 aliphatic rings. The maximum Gasteiger partial charge on any atom is 0.253 e. The van der Waals surface area contributed by atoms with Crippen molar-refractivity contribution in [1.82, 2.24) is 4.90 Å². The summed E-state index contributed by atoms with van der Waals surface area (Å²) in [6.45, 7) is 16.9. The number of benzene rings is 2. The van der Waals surface area contributed by atoms with E-state index in [-0.39, 0.29) is 43.3 Å². The quantitative estimate of drug-likeness (QED) is 0.217. The topological polar surface area (TPSA) is 90.4 Å². The number of nitrogens with zero attached hydrogens (tertiary/aromatic N) is 3. The van der Waals surface area contributed by atoms with Crippen LogP contribution < -0.4 is 9.80 Å². The number of likely N-dealkylation sites (tertiary alicyclic amines) is 1. The molecule has 2 bridgehead atoms.